The Morgan fingerprint density at radius 1 is 1.06 bits per heavy atom. The van der Waals surface area contributed by atoms with Crippen molar-refractivity contribution in [2.75, 3.05) is 12.9 Å². The van der Waals surface area contributed by atoms with Gasteiger partial charge in [-0.2, -0.15) is 5.10 Å². The van der Waals surface area contributed by atoms with Gasteiger partial charge in [0.2, 0.25) is 0 Å². The highest BCUT2D eigenvalue weighted by Crippen LogP contribution is 2.25. The second kappa shape index (κ2) is 10.4. The van der Waals surface area contributed by atoms with Gasteiger partial charge in [-0.25, -0.2) is 10.4 Å². The van der Waals surface area contributed by atoms with E-state index in [0.717, 1.165) is 33.2 Å². The number of imidazole rings is 1. The molecule has 4 rings (SSSR count). The van der Waals surface area contributed by atoms with Crippen LogP contribution in [0.3, 0.4) is 0 Å². The monoisotopic (exact) mass is 458 g/mol. The second-order valence-electron chi connectivity index (χ2n) is 7.70. The topological polar surface area (TPSA) is 68.5 Å². The van der Waals surface area contributed by atoms with E-state index in [0.29, 0.717) is 6.54 Å². The molecule has 0 spiro atoms. The molecule has 0 aliphatic heterocycles. The van der Waals surface area contributed by atoms with Crippen molar-refractivity contribution < 1.29 is 9.53 Å². The number of para-hydroxylation sites is 2. The summed E-state index contributed by atoms with van der Waals surface area (Å²) < 4.78 is 7.33. The molecular weight excluding hydrogens is 432 g/mol. The smallest absolute Gasteiger partial charge is 0.250 e. The number of benzene rings is 3. The molecule has 1 aromatic heterocycles. The third-order valence-corrected chi connectivity index (χ3v) is 6.25. The van der Waals surface area contributed by atoms with E-state index in [2.05, 4.69) is 52.3 Å². The van der Waals surface area contributed by atoms with Crippen molar-refractivity contribution in [2.45, 2.75) is 25.5 Å². The average Bonchev–Trinajstić information content (AvgIpc) is 3.20. The van der Waals surface area contributed by atoms with Crippen molar-refractivity contribution in [2.24, 2.45) is 5.10 Å². The number of rotatable bonds is 8. The van der Waals surface area contributed by atoms with Gasteiger partial charge in [-0.3, -0.25) is 4.79 Å². The largest absolute Gasteiger partial charge is 0.497 e. The van der Waals surface area contributed by atoms with Gasteiger partial charge in [0.25, 0.3) is 5.91 Å². The molecule has 4 aromatic rings. The Balaban J connectivity index is 1.44. The number of ether oxygens (including phenoxy) is 1. The lowest BCUT2D eigenvalue weighted by atomic mass is 10.1. The van der Waals surface area contributed by atoms with E-state index in [1.807, 2.05) is 49.4 Å². The summed E-state index contributed by atoms with van der Waals surface area (Å²) in [6, 6.07) is 24.1. The highest BCUT2D eigenvalue weighted by Gasteiger charge is 2.13. The van der Waals surface area contributed by atoms with Crippen LogP contribution in [0.2, 0.25) is 0 Å². The highest BCUT2D eigenvalue weighted by molar-refractivity contribution is 7.99. The van der Waals surface area contributed by atoms with Gasteiger partial charge in [0.15, 0.2) is 5.16 Å². The quantitative estimate of drug-likeness (QED) is 0.228. The fourth-order valence-electron chi connectivity index (χ4n) is 3.40. The zero-order valence-corrected chi connectivity index (χ0v) is 19.7. The fourth-order valence-corrected chi connectivity index (χ4v) is 4.20. The minimum absolute atomic E-state index is 0.179. The number of thioether (sulfide) groups is 1. The van der Waals surface area contributed by atoms with Crippen molar-refractivity contribution in [1.82, 2.24) is 15.0 Å². The molecule has 3 aromatic carbocycles. The number of aryl methyl sites for hydroxylation is 1. The maximum Gasteiger partial charge on any atom is 0.250 e. The van der Waals surface area contributed by atoms with Crippen LogP contribution in [0.1, 0.15) is 23.6 Å². The molecule has 0 saturated heterocycles. The molecule has 1 amide bonds. The summed E-state index contributed by atoms with van der Waals surface area (Å²) in [7, 11) is 1.63. The molecule has 33 heavy (non-hydrogen) atoms. The van der Waals surface area contributed by atoms with E-state index >= 15 is 0 Å². The van der Waals surface area contributed by atoms with Crippen LogP contribution in [0.5, 0.6) is 5.75 Å². The Labute approximate surface area is 197 Å². The summed E-state index contributed by atoms with van der Waals surface area (Å²) in [5.74, 6) is 0.818. The minimum atomic E-state index is -0.179. The van der Waals surface area contributed by atoms with Gasteiger partial charge in [-0.1, -0.05) is 53.7 Å². The van der Waals surface area contributed by atoms with Crippen LogP contribution in [0.4, 0.5) is 0 Å². The number of aromatic nitrogens is 2. The molecule has 168 valence electrons. The van der Waals surface area contributed by atoms with Gasteiger partial charge in [0.05, 0.1) is 36.2 Å². The zero-order chi connectivity index (χ0) is 23.2. The van der Waals surface area contributed by atoms with E-state index in [9.17, 15) is 4.79 Å². The molecule has 0 bridgehead atoms. The van der Waals surface area contributed by atoms with E-state index in [1.165, 1.54) is 22.9 Å². The van der Waals surface area contributed by atoms with Crippen LogP contribution in [0.15, 0.2) is 83.1 Å². The lowest BCUT2D eigenvalue weighted by Crippen LogP contribution is -2.21. The zero-order valence-electron chi connectivity index (χ0n) is 18.9. The SMILES string of the molecule is COc1ccc(C(C)=NNC(=O)CSc2nc3ccccc3n2Cc2ccc(C)cc2)cc1. The van der Waals surface area contributed by atoms with Crippen LogP contribution >= 0.6 is 11.8 Å². The Morgan fingerprint density at radius 2 is 1.79 bits per heavy atom. The molecule has 0 atom stereocenters. The molecule has 1 N–H and O–H groups in total. The maximum atomic E-state index is 12.5. The summed E-state index contributed by atoms with van der Waals surface area (Å²) in [5, 5.41) is 5.05. The lowest BCUT2D eigenvalue weighted by Gasteiger charge is -2.09. The molecule has 0 radical (unpaired) electrons. The number of nitrogens with zero attached hydrogens (tertiary/aromatic N) is 3. The second-order valence-corrected chi connectivity index (χ2v) is 8.65. The number of hydrogen-bond acceptors (Lipinski definition) is 5. The number of carbonyl (C=O) groups excluding carboxylic acids is 1. The number of hydrazone groups is 1. The van der Waals surface area contributed by atoms with Crippen molar-refractivity contribution >= 4 is 34.4 Å². The maximum absolute atomic E-state index is 12.5. The molecule has 6 nitrogen and oxygen atoms in total. The standard InChI is InChI=1S/C26H26N4O2S/c1-18-8-10-20(11-9-18)16-30-24-7-5-4-6-23(24)27-26(30)33-17-25(31)29-28-19(2)21-12-14-22(32-3)15-13-21/h4-15H,16-17H2,1-3H3,(H,29,31). The summed E-state index contributed by atoms with van der Waals surface area (Å²) in [6.45, 7) is 4.63. The first-order valence-electron chi connectivity index (χ1n) is 10.6. The highest BCUT2D eigenvalue weighted by atomic mass is 32.2. The molecule has 0 aliphatic carbocycles. The van der Waals surface area contributed by atoms with Crippen LogP contribution in [0, 0.1) is 6.92 Å². The van der Waals surface area contributed by atoms with E-state index in [1.54, 1.807) is 7.11 Å². The first kappa shape index (κ1) is 22.6. The number of carbonyl (C=O) groups is 1. The number of amides is 1. The van der Waals surface area contributed by atoms with Gasteiger partial charge in [-0.05, 0) is 61.4 Å². The lowest BCUT2D eigenvalue weighted by molar-refractivity contribution is -0.118. The molecule has 1 heterocycles. The average molecular weight is 459 g/mol. The van der Waals surface area contributed by atoms with Crippen molar-refractivity contribution in [3.63, 3.8) is 0 Å². The number of hydrogen-bond donors (Lipinski definition) is 1. The van der Waals surface area contributed by atoms with Crippen LogP contribution in [-0.4, -0.2) is 34.0 Å². The summed E-state index contributed by atoms with van der Waals surface area (Å²) in [4.78, 5) is 17.2. The van der Waals surface area contributed by atoms with Gasteiger partial charge >= 0.3 is 0 Å². The molecule has 0 unspecified atom stereocenters. The normalized spacial score (nSPS) is 11.5. The molecule has 0 saturated carbocycles. The summed E-state index contributed by atoms with van der Waals surface area (Å²) in [6.07, 6.45) is 0. The third kappa shape index (κ3) is 5.62. The van der Waals surface area contributed by atoms with Crippen molar-refractivity contribution in [1.29, 1.82) is 0 Å². The predicted octanol–water partition coefficient (Wildman–Crippen LogP) is 5.03. The molecule has 7 heteroatoms. The number of methoxy groups -OCH3 is 1. The Bertz CT molecular complexity index is 1280. The third-order valence-electron chi connectivity index (χ3n) is 5.27. The molecule has 0 aliphatic rings. The van der Waals surface area contributed by atoms with Crippen molar-refractivity contribution in [3.8, 4) is 5.75 Å². The summed E-state index contributed by atoms with van der Waals surface area (Å²) in [5.41, 5.74) is 8.68. The van der Waals surface area contributed by atoms with Gasteiger partial charge < -0.3 is 9.30 Å². The van der Waals surface area contributed by atoms with Crippen LogP contribution < -0.4 is 10.2 Å². The van der Waals surface area contributed by atoms with Gasteiger partial charge in [0, 0.05) is 0 Å². The Kier molecular flexibility index (Phi) is 7.10. The Morgan fingerprint density at radius 3 is 2.52 bits per heavy atom. The van der Waals surface area contributed by atoms with Gasteiger partial charge in [0.1, 0.15) is 5.75 Å². The predicted molar refractivity (Wildman–Crippen MR) is 134 cm³/mol. The Hall–Kier alpha value is -3.58. The summed E-state index contributed by atoms with van der Waals surface area (Å²) >= 11 is 1.41. The van der Waals surface area contributed by atoms with Crippen LogP contribution in [-0.2, 0) is 11.3 Å². The first-order valence-corrected chi connectivity index (χ1v) is 11.6. The van der Waals surface area contributed by atoms with E-state index in [4.69, 9.17) is 9.72 Å². The number of fused-ring (bicyclic) bond motifs is 1. The van der Waals surface area contributed by atoms with Gasteiger partial charge in [-0.15, -0.1) is 0 Å². The first-order chi connectivity index (χ1) is 16.0. The molecular formula is C26H26N4O2S. The number of nitrogens with one attached hydrogen (secondary N) is 1. The minimum Gasteiger partial charge on any atom is -0.497 e. The van der Waals surface area contributed by atoms with Crippen LogP contribution in [0.25, 0.3) is 11.0 Å². The molecule has 0 fully saturated rings. The van der Waals surface area contributed by atoms with Crippen molar-refractivity contribution in [3.05, 3.63) is 89.5 Å². The van der Waals surface area contributed by atoms with E-state index in [-0.39, 0.29) is 11.7 Å². The fraction of sp³-hybridized carbons (Fsp3) is 0.192. The van der Waals surface area contributed by atoms with E-state index < -0.39 is 0 Å².